The van der Waals surface area contributed by atoms with Gasteiger partial charge in [0, 0.05) is 37.8 Å². The lowest BCUT2D eigenvalue weighted by molar-refractivity contribution is 0.0698. The molecule has 3 aromatic carbocycles. The first-order valence-electron chi connectivity index (χ1n) is 13.0. The number of fused-ring (bicyclic) bond motifs is 4. The topological polar surface area (TPSA) is 54.0 Å². The summed E-state index contributed by atoms with van der Waals surface area (Å²) in [6, 6.07) is 24.4. The molecule has 1 atom stereocenters. The number of para-hydroxylation sites is 1. The minimum Gasteiger partial charge on any atom is -0.488 e. The van der Waals surface area contributed by atoms with Gasteiger partial charge in [0.2, 0.25) is 0 Å². The predicted octanol–water partition coefficient (Wildman–Crippen LogP) is 6.31. The number of carbonyl (C=O) groups excluding carboxylic acids is 1. The van der Waals surface area contributed by atoms with Gasteiger partial charge in [-0.25, -0.2) is 4.79 Å². The van der Waals surface area contributed by atoms with Crippen molar-refractivity contribution in [2.75, 3.05) is 18.5 Å². The van der Waals surface area contributed by atoms with E-state index in [2.05, 4.69) is 52.5 Å². The van der Waals surface area contributed by atoms with Gasteiger partial charge in [-0.2, -0.15) is 0 Å². The molecule has 6 nitrogen and oxygen atoms in total. The zero-order chi connectivity index (χ0) is 26.2. The highest BCUT2D eigenvalue weighted by Gasteiger charge is 2.36. The molecule has 2 aliphatic rings. The van der Waals surface area contributed by atoms with Gasteiger partial charge in [-0.3, -0.25) is 4.90 Å². The van der Waals surface area contributed by atoms with Crippen LogP contribution < -0.4 is 19.7 Å². The first-order chi connectivity index (χ1) is 17.6. The molecule has 0 aromatic heterocycles. The molecule has 0 spiro atoms. The Morgan fingerprint density at radius 2 is 1.68 bits per heavy atom. The molecule has 0 aliphatic carbocycles. The van der Waals surface area contributed by atoms with Gasteiger partial charge in [0.15, 0.2) is 0 Å². The van der Waals surface area contributed by atoms with Gasteiger partial charge in [0.05, 0.1) is 0 Å². The summed E-state index contributed by atoms with van der Waals surface area (Å²) < 4.78 is 11.9. The molecule has 2 heterocycles. The van der Waals surface area contributed by atoms with Crippen LogP contribution in [0, 0.1) is 0 Å². The summed E-state index contributed by atoms with van der Waals surface area (Å²) in [5.41, 5.74) is 4.14. The molecular weight excluding hydrogens is 462 g/mol. The van der Waals surface area contributed by atoms with Gasteiger partial charge in [0.25, 0.3) is 0 Å². The van der Waals surface area contributed by atoms with E-state index in [1.807, 2.05) is 70.2 Å². The monoisotopic (exact) mass is 499 g/mol. The number of nitrogens with zero attached hydrogens (tertiary/aromatic N) is 2. The van der Waals surface area contributed by atoms with Crippen LogP contribution in [0.2, 0.25) is 0 Å². The molecule has 1 unspecified atom stereocenters. The Kier molecular flexibility index (Phi) is 6.63. The number of nitrogens with one attached hydrogen (secondary N) is 1. The Hall–Kier alpha value is -3.51. The van der Waals surface area contributed by atoms with Crippen molar-refractivity contribution in [1.29, 1.82) is 0 Å². The molecule has 1 amide bonds. The molecule has 3 aromatic rings. The van der Waals surface area contributed by atoms with E-state index in [0.29, 0.717) is 12.2 Å². The molecule has 194 valence electrons. The number of rotatable bonds is 6. The molecule has 2 aliphatic heterocycles. The fourth-order valence-electron chi connectivity index (χ4n) is 6.02. The van der Waals surface area contributed by atoms with E-state index in [1.54, 1.807) is 0 Å². The van der Waals surface area contributed by atoms with Gasteiger partial charge in [-0.05, 0) is 81.1 Å². The van der Waals surface area contributed by atoms with Crippen molar-refractivity contribution < 1.29 is 14.3 Å². The highest BCUT2D eigenvalue weighted by Crippen LogP contribution is 2.42. The molecule has 6 heteroatoms. The first kappa shape index (κ1) is 25.2. The summed E-state index contributed by atoms with van der Waals surface area (Å²) in [5, 5.41) is 3.03. The number of benzene rings is 3. The molecular formula is C31H37N3O3. The van der Waals surface area contributed by atoms with Crippen molar-refractivity contribution in [2.45, 2.75) is 64.4 Å². The first-order valence-corrected chi connectivity index (χ1v) is 13.0. The van der Waals surface area contributed by atoms with Crippen LogP contribution in [0.4, 0.5) is 10.5 Å². The molecule has 0 saturated heterocycles. The van der Waals surface area contributed by atoms with Gasteiger partial charge in [-0.15, -0.1) is 0 Å². The van der Waals surface area contributed by atoms with E-state index in [4.69, 9.17) is 9.47 Å². The quantitative estimate of drug-likeness (QED) is 0.431. The molecule has 5 rings (SSSR count). The van der Waals surface area contributed by atoms with E-state index in [1.165, 1.54) is 22.4 Å². The van der Waals surface area contributed by atoms with Crippen molar-refractivity contribution in [3.05, 3.63) is 89.5 Å². The Labute approximate surface area is 220 Å². The number of hydrogen-bond donors (Lipinski definition) is 1. The third kappa shape index (κ3) is 5.59. The van der Waals surface area contributed by atoms with Crippen LogP contribution >= 0.6 is 0 Å². The molecule has 0 bridgehead atoms. The van der Waals surface area contributed by atoms with Crippen molar-refractivity contribution in [3.63, 3.8) is 0 Å². The lowest BCUT2D eigenvalue weighted by Crippen LogP contribution is -2.50. The van der Waals surface area contributed by atoms with E-state index in [-0.39, 0.29) is 6.17 Å². The van der Waals surface area contributed by atoms with Gasteiger partial charge in [-0.1, -0.05) is 42.5 Å². The Morgan fingerprint density at radius 3 is 2.46 bits per heavy atom. The lowest BCUT2D eigenvalue weighted by atomic mass is 9.89. The summed E-state index contributed by atoms with van der Waals surface area (Å²) in [4.78, 5) is 17.7. The van der Waals surface area contributed by atoms with Crippen molar-refractivity contribution >= 4 is 11.8 Å². The van der Waals surface area contributed by atoms with Crippen molar-refractivity contribution in [2.24, 2.45) is 0 Å². The van der Waals surface area contributed by atoms with E-state index in [9.17, 15) is 4.79 Å². The highest BCUT2D eigenvalue weighted by molar-refractivity contribution is 5.72. The predicted molar refractivity (Wildman–Crippen MR) is 147 cm³/mol. The number of anilines is 1. The maximum atomic E-state index is 12.9. The summed E-state index contributed by atoms with van der Waals surface area (Å²) in [7, 11) is 2.15. The lowest BCUT2D eigenvalue weighted by Gasteiger charge is -2.47. The average Bonchev–Trinajstić information content (AvgIpc) is 2.82. The Balaban J connectivity index is 1.24. The third-order valence-corrected chi connectivity index (χ3v) is 7.17. The standard InChI is InChI=1S/C31H37N3O3/c1-30(2,21-31(3,4)37-24-12-7-6-8-13-24)32-29(35)36-25-15-16-27-23(19-25)20-34-18-17-22-11-9-10-14-26(22)28(34)33(27)5/h6-16,19,28H,17-18,20-21H2,1-5H3,(H,32,35). The highest BCUT2D eigenvalue weighted by atomic mass is 16.6. The summed E-state index contributed by atoms with van der Waals surface area (Å²) in [5.74, 6) is 1.36. The van der Waals surface area contributed by atoms with E-state index >= 15 is 0 Å². The second-order valence-electron chi connectivity index (χ2n) is 11.4. The van der Waals surface area contributed by atoms with Crippen molar-refractivity contribution in [1.82, 2.24) is 10.2 Å². The Morgan fingerprint density at radius 1 is 0.946 bits per heavy atom. The molecule has 0 saturated carbocycles. The van der Waals surface area contributed by atoms with Crippen LogP contribution in [-0.2, 0) is 13.0 Å². The second-order valence-corrected chi connectivity index (χ2v) is 11.4. The molecule has 0 fully saturated rings. The van der Waals surface area contributed by atoms with Crippen LogP contribution in [0.5, 0.6) is 11.5 Å². The number of carbonyl (C=O) groups is 1. The zero-order valence-electron chi connectivity index (χ0n) is 22.5. The van der Waals surface area contributed by atoms with Gasteiger partial charge in [0.1, 0.15) is 23.3 Å². The van der Waals surface area contributed by atoms with Crippen molar-refractivity contribution in [3.8, 4) is 11.5 Å². The molecule has 0 radical (unpaired) electrons. The largest absolute Gasteiger partial charge is 0.488 e. The third-order valence-electron chi connectivity index (χ3n) is 7.17. The fraction of sp³-hybridized carbons (Fsp3) is 0.387. The van der Waals surface area contributed by atoms with Crippen LogP contribution in [0.25, 0.3) is 0 Å². The maximum absolute atomic E-state index is 12.9. The van der Waals surface area contributed by atoms with Crippen LogP contribution in [0.15, 0.2) is 72.8 Å². The number of amides is 1. The van der Waals surface area contributed by atoms with Crippen LogP contribution in [-0.4, -0.2) is 35.7 Å². The van der Waals surface area contributed by atoms with Crippen LogP contribution in [0.1, 0.15) is 57.0 Å². The molecule has 37 heavy (non-hydrogen) atoms. The average molecular weight is 500 g/mol. The summed E-state index contributed by atoms with van der Waals surface area (Å²) in [6.45, 7) is 9.86. The van der Waals surface area contributed by atoms with Gasteiger partial charge < -0.3 is 19.7 Å². The minimum atomic E-state index is -0.530. The zero-order valence-corrected chi connectivity index (χ0v) is 22.5. The second kappa shape index (κ2) is 9.75. The smallest absolute Gasteiger partial charge is 0.413 e. The summed E-state index contributed by atoms with van der Waals surface area (Å²) in [6.07, 6.45) is 1.43. The fourth-order valence-corrected chi connectivity index (χ4v) is 6.02. The minimum absolute atomic E-state index is 0.231. The number of hydrogen-bond acceptors (Lipinski definition) is 5. The normalized spacial score (nSPS) is 17.3. The number of ether oxygens (including phenoxy) is 2. The van der Waals surface area contributed by atoms with E-state index in [0.717, 1.165) is 25.3 Å². The maximum Gasteiger partial charge on any atom is 0.413 e. The van der Waals surface area contributed by atoms with Gasteiger partial charge >= 0.3 is 6.09 Å². The molecule has 1 N–H and O–H groups in total. The van der Waals surface area contributed by atoms with Crippen LogP contribution in [0.3, 0.4) is 0 Å². The Bertz CT molecular complexity index is 1270. The summed E-state index contributed by atoms with van der Waals surface area (Å²) >= 11 is 0. The SMILES string of the molecule is CN1c2ccc(OC(=O)NC(C)(C)CC(C)(C)Oc3ccccc3)cc2CN2CCc3ccccc3C21. The van der Waals surface area contributed by atoms with E-state index < -0.39 is 17.2 Å².